The lowest BCUT2D eigenvalue weighted by Gasteiger charge is -2.24. The number of hydrogen-bond acceptors (Lipinski definition) is 4. The molecule has 0 spiro atoms. The molecule has 112 valence electrons. The van der Waals surface area contributed by atoms with Gasteiger partial charge in [0.05, 0.1) is 16.7 Å². The van der Waals surface area contributed by atoms with Gasteiger partial charge >= 0.3 is 0 Å². The fourth-order valence-corrected chi connectivity index (χ4v) is 3.31. The van der Waals surface area contributed by atoms with Crippen molar-refractivity contribution in [3.8, 4) is 5.75 Å². The minimum Gasteiger partial charge on any atom is -0.488 e. The maximum atomic E-state index is 12.0. The zero-order chi connectivity index (χ0) is 14.8. The Morgan fingerprint density at radius 3 is 2.40 bits per heavy atom. The van der Waals surface area contributed by atoms with E-state index in [1.807, 2.05) is 0 Å². The summed E-state index contributed by atoms with van der Waals surface area (Å²) in [5.74, 6) is 0.578. The van der Waals surface area contributed by atoms with Crippen LogP contribution in [0.4, 0.5) is 5.69 Å². The van der Waals surface area contributed by atoms with Gasteiger partial charge in [0, 0.05) is 14.1 Å². The van der Waals surface area contributed by atoms with Gasteiger partial charge < -0.3 is 10.5 Å². The summed E-state index contributed by atoms with van der Waals surface area (Å²) in [7, 11) is -0.456. The molecule has 1 aromatic rings. The van der Waals surface area contributed by atoms with Gasteiger partial charge in [-0.15, -0.1) is 0 Å². The molecular formula is C14H22N2O3S. The van der Waals surface area contributed by atoms with E-state index >= 15 is 0 Å². The zero-order valence-corrected chi connectivity index (χ0v) is 12.8. The van der Waals surface area contributed by atoms with E-state index in [4.69, 9.17) is 10.5 Å². The van der Waals surface area contributed by atoms with Crippen molar-refractivity contribution in [3.05, 3.63) is 18.2 Å². The smallest absolute Gasteiger partial charge is 0.242 e. The van der Waals surface area contributed by atoms with Gasteiger partial charge in [0.2, 0.25) is 10.0 Å². The van der Waals surface area contributed by atoms with Gasteiger partial charge in [0.1, 0.15) is 5.75 Å². The van der Waals surface area contributed by atoms with Crippen molar-refractivity contribution in [2.75, 3.05) is 19.8 Å². The maximum absolute atomic E-state index is 12.0. The molecule has 0 atom stereocenters. The molecule has 0 unspecified atom stereocenters. The molecule has 6 heteroatoms. The summed E-state index contributed by atoms with van der Waals surface area (Å²) >= 11 is 0. The predicted octanol–water partition coefficient (Wildman–Crippen LogP) is 2.23. The van der Waals surface area contributed by atoms with Crippen molar-refractivity contribution in [1.82, 2.24) is 4.31 Å². The fraction of sp³-hybridized carbons (Fsp3) is 0.571. The van der Waals surface area contributed by atoms with Crippen LogP contribution in [0, 0.1) is 0 Å². The van der Waals surface area contributed by atoms with Crippen LogP contribution in [0.15, 0.2) is 23.1 Å². The molecule has 5 nitrogen and oxygen atoms in total. The molecule has 0 saturated heterocycles. The van der Waals surface area contributed by atoms with Crippen LogP contribution >= 0.6 is 0 Å². The minimum absolute atomic E-state index is 0.191. The van der Waals surface area contributed by atoms with Gasteiger partial charge in [-0.3, -0.25) is 0 Å². The molecule has 0 aromatic heterocycles. The van der Waals surface area contributed by atoms with E-state index in [-0.39, 0.29) is 11.0 Å². The van der Waals surface area contributed by atoms with Gasteiger partial charge in [-0.05, 0) is 43.9 Å². The molecular weight excluding hydrogens is 276 g/mol. The maximum Gasteiger partial charge on any atom is 0.242 e. The summed E-state index contributed by atoms with van der Waals surface area (Å²) in [5.41, 5.74) is 6.30. The molecule has 1 saturated carbocycles. The number of nitrogen functional groups attached to an aromatic ring is 1. The second kappa shape index (κ2) is 6.01. The standard InChI is InChI=1S/C14H22N2O3S/c1-16(2)20(17,18)12-8-9-14(13(15)10-12)19-11-6-4-3-5-7-11/h8-11H,3-7,15H2,1-2H3. The van der Waals surface area contributed by atoms with Crippen LogP contribution in [0.25, 0.3) is 0 Å². The van der Waals surface area contributed by atoms with Crippen molar-refractivity contribution in [2.45, 2.75) is 43.1 Å². The Morgan fingerprint density at radius 1 is 1.20 bits per heavy atom. The first-order valence-corrected chi connectivity index (χ1v) is 8.34. The molecule has 0 radical (unpaired) electrons. The van der Waals surface area contributed by atoms with Crippen molar-refractivity contribution in [1.29, 1.82) is 0 Å². The van der Waals surface area contributed by atoms with E-state index in [1.54, 1.807) is 12.1 Å². The Morgan fingerprint density at radius 2 is 1.85 bits per heavy atom. The second-order valence-electron chi connectivity index (χ2n) is 5.36. The van der Waals surface area contributed by atoms with Crippen LogP contribution in [0.2, 0.25) is 0 Å². The van der Waals surface area contributed by atoms with Crippen molar-refractivity contribution >= 4 is 15.7 Å². The average molecular weight is 298 g/mol. The molecule has 1 aromatic carbocycles. The number of sulfonamides is 1. The van der Waals surface area contributed by atoms with Gasteiger partial charge in [-0.2, -0.15) is 0 Å². The molecule has 0 amide bonds. The SMILES string of the molecule is CN(C)S(=O)(=O)c1ccc(OC2CCCCC2)c(N)c1. The quantitative estimate of drug-likeness (QED) is 0.865. The lowest BCUT2D eigenvalue weighted by atomic mass is 9.98. The Hall–Kier alpha value is -1.27. The highest BCUT2D eigenvalue weighted by atomic mass is 32.2. The van der Waals surface area contributed by atoms with Crippen LogP contribution < -0.4 is 10.5 Å². The number of anilines is 1. The summed E-state index contributed by atoms with van der Waals surface area (Å²) in [4.78, 5) is 0.191. The molecule has 2 rings (SSSR count). The highest BCUT2D eigenvalue weighted by Gasteiger charge is 2.20. The average Bonchev–Trinajstić information content (AvgIpc) is 2.42. The summed E-state index contributed by atoms with van der Waals surface area (Å²) in [6.45, 7) is 0. The first-order valence-electron chi connectivity index (χ1n) is 6.90. The molecule has 0 aliphatic heterocycles. The monoisotopic (exact) mass is 298 g/mol. The van der Waals surface area contributed by atoms with Crippen LogP contribution in [0.1, 0.15) is 32.1 Å². The topological polar surface area (TPSA) is 72.6 Å². The number of ether oxygens (including phenoxy) is 1. The van der Waals surface area contributed by atoms with Crippen molar-refractivity contribution in [2.24, 2.45) is 0 Å². The number of rotatable bonds is 4. The predicted molar refractivity (Wildman–Crippen MR) is 79.2 cm³/mol. The fourth-order valence-electron chi connectivity index (χ4n) is 2.37. The summed E-state index contributed by atoms with van der Waals surface area (Å²) in [6, 6.07) is 4.66. The molecule has 20 heavy (non-hydrogen) atoms. The van der Waals surface area contributed by atoms with E-state index in [0.717, 1.165) is 12.8 Å². The molecule has 0 heterocycles. The molecule has 2 N–H and O–H groups in total. The lowest BCUT2D eigenvalue weighted by Crippen LogP contribution is -2.23. The van der Waals surface area contributed by atoms with Gasteiger partial charge in [0.15, 0.2) is 0 Å². The third kappa shape index (κ3) is 3.24. The third-order valence-corrected chi connectivity index (χ3v) is 5.42. The van der Waals surface area contributed by atoms with Crippen LogP contribution in [-0.2, 0) is 10.0 Å². The van der Waals surface area contributed by atoms with E-state index in [1.165, 1.54) is 43.7 Å². The van der Waals surface area contributed by atoms with Crippen LogP contribution in [0.3, 0.4) is 0 Å². The summed E-state index contributed by atoms with van der Waals surface area (Å²) < 4.78 is 31.1. The van der Waals surface area contributed by atoms with Crippen molar-refractivity contribution < 1.29 is 13.2 Å². The number of nitrogens with zero attached hydrogens (tertiary/aromatic N) is 1. The Balaban J connectivity index is 2.17. The van der Waals surface area contributed by atoms with Crippen LogP contribution in [0.5, 0.6) is 5.75 Å². The van der Waals surface area contributed by atoms with Crippen LogP contribution in [-0.4, -0.2) is 32.9 Å². The number of benzene rings is 1. The molecule has 1 fully saturated rings. The number of nitrogens with two attached hydrogens (primary N) is 1. The lowest BCUT2D eigenvalue weighted by molar-refractivity contribution is 0.156. The Kier molecular flexibility index (Phi) is 4.55. The molecule has 1 aliphatic rings. The molecule has 1 aliphatic carbocycles. The third-order valence-electron chi connectivity index (χ3n) is 3.61. The first-order chi connectivity index (χ1) is 9.41. The highest BCUT2D eigenvalue weighted by molar-refractivity contribution is 7.89. The van der Waals surface area contributed by atoms with Gasteiger partial charge in [-0.25, -0.2) is 12.7 Å². The van der Waals surface area contributed by atoms with Gasteiger partial charge in [-0.1, -0.05) is 6.42 Å². The van der Waals surface area contributed by atoms with E-state index in [0.29, 0.717) is 11.4 Å². The summed E-state index contributed by atoms with van der Waals surface area (Å²) in [6.07, 6.45) is 5.89. The van der Waals surface area contributed by atoms with Crippen molar-refractivity contribution in [3.63, 3.8) is 0 Å². The largest absolute Gasteiger partial charge is 0.488 e. The highest BCUT2D eigenvalue weighted by Crippen LogP contribution is 2.29. The van der Waals surface area contributed by atoms with E-state index in [2.05, 4.69) is 0 Å². The zero-order valence-electron chi connectivity index (χ0n) is 12.0. The molecule has 0 bridgehead atoms. The number of hydrogen-bond donors (Lipinski definition) is 1. The van der Waals surface area contributed by atoms with E-state index < -0.39 is 10.0 Å². The minimum atomic E-state index is -3.45. The summed E-state index contributed by atoms with van der Waals surface area (Å²) in [5, 5.41) is 0. The Bertz CT molecular complexity index is 564. The first kappa shape index (κ1) is 15.1. The van der Waals surface area contributed by atoms with Gasteiger partial charge in [0.25, 0.3) is 0 Å². The Labute approximate surface area is 120 Å². The normalized spacial score (nSPS) is 17.4. The second-order valence-corrected chi connectivity index (χ2v) is 7.52. The van der Waals surface area contributed by atoms with E-state index in [9.17, 15) is 8.42 Å².